The molecule has 1 amide bonds. The van der Waals surface area contributed by atoms with Crippen molar-refractivity contribution in [1.29, 1.82) is 0 Å². The van der Waals surface area contributed by atoms with Crippen molar-refractivity contribution in [2.45, 2.75) is 13.5 Å². The number of hydrogen-bond acceptors (Lipinski definition) is 3. The third-order valence-electron chi connectivity index (χ3n) is 2.65. The number of nitrogen functional groups attached to an aromatic ring is 1. The molecule has 1 aromatic carbocycles. The number of hydrogen-bond donors (Lipinski definition) is 3. The Hall–Kier alpha value is -2.37. The molecule has 94 valence electrons. The van der Waals surface area contributed by atoms with Gasteiger partial charge in [0.15, 0.2) is 0 Å². The minimum Gasteiger partial charge on any atom is -0.398 e. The molecule has 6 heteroatoms. The lowest BCUT2D eigenvalue weighted by atomic mass is 10.1. The lowest BCUT2D eigenvalue weighted by Crippen LogP contribution is -2.23. The Balaban J connectivity index is 2.09. The van der Waals surface area contributed by atoms with Gasteiger partial charge in [-0.3, -0.25) is 9.89 Å². The number of nitrogens with zero attached hydrogens (tertiary/aromatic N) is 1. The Labute approximate surface area is 103 Å². The molecule has 0 aliphatic heterocycles. The van der Waals surface area contributed by atoms with Crippen LogP contribution < -0.4 is 11.1 Å². The maximum atomic E-state index is 13.4. The summed E-state index contributed by atoms with van der Waals surface area (Å²) in [7, 11) is 0. The summed E-state index contributed by atoms with van der Waals surface area (Å²) >= 11 is 0. The minimum absolute atomic E-state index is 0.207. The monoisotopic (exact) mass is 248 g/mol. The molecule has 0 fully saturated rings. The summed E-state index contributed by atoms with van der Waals surface area (Å²) in [5.74, 6) is -0.856. The first-order valence-corrected chi connectivity index (χ1v) is 5.39. The van der Waals surface area contributed by atoms with E-state index in [1.165, 1.54) is 12.1 Å². The standard InChI is InChI=1S/C12H13FN4O/c1-7-10(13)2-9(3-11(7)14)12(18)15-4-8-5-16-17-6-8/h2-3,5-6H,4,14H2,1H3,(H,15,18)(H,16,17). The summed E-state index contributed by atoms with van der Waals surface area (Å²) in [4.78, 5) is 11.8. The Morgan fingerprint density at radius 1 is 1.56 bits per heavy atom. The fourth-order valence-electron chi connectivity index (χ4n) is 1.49. The molecule has 0 aliphatic carbocycles. The fourth-order valence-corrected chi connectivity index (χ4v) is 1.49. The minimum atomic E-state index is -0.483. The van der Waals surface area contributed by atoms with Crippen LogP contribution in [0.5, 0.6) is 0 Å². The number of aromatic amines is 1. The van der Waals surface area contributed by atoms with Crippen molar-refractivity contribution in [3.05, 3.63) is 47.0 Å². The highest BCUT2D eigenvalue weighted by Crippen LogP contribution is 2.17. The van der Waals surface area contributed by atoms with Crippen molar-refractivity contribution in [2.75, 3.05) is 5.73 Å². The van der Waals surface area contributed by atoms with Gasteiger partial charge in [-0.15, -0.1) is 0 Å². The van der Waals surface area contributed by atoms with E-state index in [2.05, 4.69) is 15.5 Å². The number of amides is 1. The number of halogens is 1. The molecule has 0 aliphatic rings. The number of carbonyl (C=O) groups is 1. The van der Waals surface area contributed by atoms with Gasteiger partial charge in [-0.25, -0.2) is 4.39 Å². The topological polar surface area (TPSA) is 83.8 Å². The van der Waals surface area contributed by atoms with Crippen LogP contribution in [0.1, 0.15) is 21.5 Å². The zero-order chi connectivity index (χ0) is 13.1. The number of carbonyl (C=O) groups excluding carboxylic acids is 1. The average Bonchev–Trinajstić information content (AvgIpc) is 2.85. The van der Waals surface area contributed by atoms with Gasteiger partial charge in [-0.05, 0) is 19.1 Å². The van der Waals surface area contributed by atoms with Crippen LogP contribution in [0.3, 0.4) is 0 Å². The summed E-state index contributed by atoms with van der Waals surface area (Å²) in [6, 6.07) is 2.64. The quantitative estimate of drug-likeness (QED) is 0.717. The van der Waals surface area contributed by atoms with Crippen molar-refractivity contribution in [1.82, 2.24) is 15.5 Å². The molecule has 0 bridgehead atoms. The Kier molecular flexibility index (Phi) is 3.27. The number of nitrogens with one attached hydrogen (secondary N) is 2. The molecule has 1 aromatic heterocycles. The van der Waals surface area contributed by atoms with Crippen LogP contribution in [0, 0.1) is 12.7 Å². The maximum Gasteiger partial charge on any atom is 0.251 e. The van der Waals surface area contributed by atoms with E-state index in [0.717, 1.165) is 5.56 Å². The van der Waals surface area contributed by atoms with Crippen LogP contribution in [0.15, 0.2) is 24.5 Å². The third-order valence-corrected chi connectivity index (χ3v) is 2.65. The van der Waals surface area contributed by atoms with E-state index in [-0.39, 0.29) is 17.2 Å². The number of anilines is 1. The van der Waals surface area contributed by atoms with Gasteiger partial charge in [0.1, 0.15) is 5.82 Å². The highest BCUT2D eigenvalue weighted by molar-refractivity contribution is 5.95. The second-order valence-electron chi connectivity index (χ2n) is 3.96. The van der Waals surface area contributed by atoms with Crippen LogP contribution in [0.25, 0.3) is 0 Å². The third kappa shape index (κ3) is 2.48. The summed E-state index contributed by atoms with van der Waals surface area (Å²) in [5.41, 5.74) is 7.28. The molecule has 0 unspecified atom stereocenters. The second kappa shape index (κ2) is 4.87. The molecule has 5 nitrogen and oxygen atoms in total. The van der Waals surface area contributed by atoms with E-state index in [0.29, 0.717) is 12.1 Å². The van der Waals surface area contributed by atoms with Gasteiger partial charge in [0.25, 0.3) is 5.91 Å². The molecule has 0 atom stereocenters. The van der Waals surface area contributed by atoms with E-state index in [1.54, 1.807) is 19.3 Å². The SMILES string of the molecule is Cc1c(N)cc(C(=O)NCc2cn[nH]c2)cc1F. The summed E-state index contributed by atoms with van der Waals surface area (Å²) in [6.45, 7) is 1.89. The summed E-state index contributed by atoms with van der Waals surface area (Å²) < 4.78 is 13.4. The molecule has 1 heterocycles. The van der Waals surface area contributed by atoms with Gasteiger partial charge in [-0.1, -0.05) is 0 Å². The predicted octanol–water partition coefficient (Wildman–Crippen LogP) is 1.37. The van der Waals surface area contributed by atoms with Crippen LogP contribution in [-0.4, -0.2) is 16.1 Å². The van der Waals surface area contributed by atoms with Crippen molar-refractivity contribution in [3.63, 3.8) is 0 Å². The first kappa shape index (κ1) is 12.1. The molecule has 2 aromatic rings. The lowest BCUT2D eigenvalue weighted by molar-refractivity contribution is 0.0950. The fraction of sp³-hybridized carbons (Fsp3) is 0.167. The van der Waals surface area contributed by atoms with E-state index in [4.69, 9.17) is 5.73 Å². The van der Waals surface area contributed by atoms with Crippen LogP contribution in [-0.2, 0) is 6.54 Å². The van der Waals surface area contributed by atoms with Crippen molar-refractivity contribution in [3.8, 4) is 0 Å². The molecular weight excluding hydrogens is 235 g/mol. The average molecular weight is 248 g/mol. The highest BCUT2D eigenvalue weighted by Gasteiger charge is 2.10. The molecule has 18 heavy (non-hydrogen) atoms. The summed E-state index contributed by atoms with van der Waals surface area (Å²) in [6.07, 6.45) is 3.27. The molecular formula is C12H13FN4O. The number of rotatable bonds is 3. The zero-order valence-electron chi connectivity index (χ0n) is 9.83. The number of benzene rings is 1. The molecule has 2 rings (SSSR count). The number of nitrogens with two attached hydrogens (primary N) is 1. The van der Waals surface area contributed by atoms with Crippen molar-refractivity contribution in [2.24, 2.45) is 0 Å². The van der Waals surface area contributed by atoms with Crippen LogP contribution in [0.2, 0.25) is 0 Å². The molecule has 0 saturated heterocycles. The first-order valence-electron chi connectivity index (χ1n) is 5.39. The Morgan fingerprint density at radius 2 is 2.33 bits per heavy atom. The smallest absolute Gasteiger partial charge is 0.251 e. The van der Waals surface area contributed by atoms with Crippen LogP contribution >= 0.6 is 0 Å². The largest absolute Gasteiger partial charge is 0.398 e. The van der Waals surface area contributed by atoms with Gasteiger partial charge < -0.3 is 11.1 Å². The van der Waals surface area contributed by atoms with E-state index >= 15 is 0 Å². The van der Waals surface area contributed by atoms with Crippen molar-refractivity contribution >= 4 is 11.6 Å². The van der Waals surface area contributed by atoms with Gasteiger partial charge in [0.2, 0.25) is 0 Å². The van der Waals surface area contributed by atoms with E-state index < -0.39 is 5.82 Å². The Bertz CT molecular complexity index is 542. The second-order valence-corrected chi connectivity index (χ2v) is 3.96. The highest BCUT2D eigenvalue weighted by atomic mass is 19.1. The van der Waals surface area contributed by atoms with E-state index in [9.17, 15) is 9.18 Å². The summed E-state index contributed by atoms with van der Waals surface area (Å²) in [5, 5.41) is 9.05. The van der Waals surface area contributed by atoms with E-state index in [1.807, 2.05) is 0 Å². The Morgan fingerprint density at radius 3 is 2.94 bits per heavy atom. The van der Waals surface area contributed by atoms with Crippen LogP contribution in [0.4, 0.5) is 10.1 Å². The van der Waals surface area contributed by atoms with Gasteiger partial charge in [0.05, 0.1) is 6.20 Å². The lowest BCUT2D eigenvalue weighted by Gasteiger charge is -2.07. The maximum absolute atomic E-state index is 13.4. The van der Waals surface area contributed by atoms with Gasteiger partial charge in [0, 0.05) is 35.1 Å². The molecule has 0 spiro atoms. The van der Waals surface area contributed by atoms with Crippen molar-refractivity contribution < 1.29 is 9.18 Å². The molecule has 0 radical (unpaired) electrons. The normalized spacial score (nSPS) is 10.3. The number of aromatic nitrogens is 2. The zero-order valence-corrected chi connectivity index (χ0v) is 9.83. The van der Waals surface area contributed by atoms with Gasteiger partial charge in [-0.2, -0.15) is 5.10 Å². The predicted molar refractivity (Wildman–Crippen MR) is 65.3 cm³/mol. The van der Waals surface area contributed by atoms with Gasteiger partial charge >= 0.3 is 0 Å². The molecule has 4 N–H and O–H groups in total. The number of H-pyrrole nitrogens is 1. The molecule has 0 saturated carbocycles. The first-order chi connectivity index (χ1) is 8.58.